The van der Waals surface area contributed by atoms with Gasteiger partial charge in [0.05, 0.1) is 13.2 Å². The van der Waals surface area contributed by atoms with Gasteiger partial charge in [0.15, 0.2) is 0 Å². The number of hydrogen-bond donors (Lipinski definition) is 3. The smallest absolute Gasteiger partial charge is 0.274 e. The minimum Gasteiger partial charge on any atom is -0.378 e. The zero-order valence-electron chi connectivity index (χ0n) is 21.5. The minimum atomic E-state index is -0.472. The number of amides is 3. The number of hydrogen-bond acceptors (Lipinski definition) is 6. The first kappa shape index (κ1) is 26.3. The van der Waals surface area contributed by atoms with E-state index in [1.165, 1.54) is 5.56 Å². The number of ether oxygens (including phenoxy) is 1. The van der Waals surface area contributed by atoms with Crippen molar-refractivity contribution in [3.05, 3.63) is 76.9 Å². The van der Waals surface area contributed by atoms with Gasteiger partial charge in [-0.15, -0.1) is 0 Å². The third-order valence-corrected chi connectivity index (χ3v) is 6.99. The Kier molecular flexibility index (Phi) is 7.90. The van der Waals surface area contributed by atoms with Gasteiger partial charge in [0.25, 0.3) is 17.7 Å². The molecule has 0 atom stereocenters. The highest BCUT2D eigenvalue weighted by Crippen LogP contribution is 2.34. The molecule has 2 aliphatic heterocycles. The maximum atomic E-state index is 12.0. The summed E-state index contributed by atoms with van der Waals surface area (Å²) in [6, 6.07) is 16.7. The van der Waals surface area contributed by atoms with Gasteiger partial charge in [0, 0.05) is 46.2 Å². The molecule has 5 rings (SSSR count). The van der Waals surface area contributed by atoms with E-state index < -0.39 is 5.91 Å². The molecule has 1 fully saturated rings. The average molecular weight is 504 g/mol. The number of imide groups is 1. The summed E-state index contributed by atoms with van der Waals surface area (Å²) >= 11 is 0. The van der Waals surface area contributed by atoms with Gasteiger partial charge >= 0.3 is 0 Å². The Labute approximate surface area is 216 Å². The van der Waals surface area contributed by atoms with Crippen molar-refractivity contribution in [1.82, 2.24) is 10.8 Å². The van der Waals surface area contributed by atoms with E-state index in [1.54, 1.807) is 29.7 Å². The molecule has 0 aromatic heterocycles. The zero-order valence-corrected chi connectivity index (χ0v) is 21.5. The summed E-state index contributed by atoms with van der Waals surface area (Å²) in [4.78, 5) is 37.4. The summed E-state index contributed by atoms with van der Waals surface area (Å²) in [5, 5.41) is 12.6. The van der Waals surface area contributed by atoms with E-state index >= 15 is 0 Å². The van der Waals surface area contributed by atoms with E-state index in [1.807, 2.05) is 30.3 Å². The summed E-state index contributed by atoms with van der Waals surface area (Å²) < 4.78 is 5.39. The van der Waals surface area contributed by atoms with Crippen molar-refractivity contribution in [2.45, 2.75) is 39.0 Å². The second kappa shape index (κ2) is 11.1. The molecule has 8 nitrogen and oxygen atoms in total. The quantitative estimate of drug-likeness (QED) is 0.270. The highest BCUT2D eigenvalue weighted by Gasteiger charge is 2.27. The molecule has 0 radical (unpaired) electrons. The Morgan fingerprint density at radius 3 is 2.27 bits per heavy atom. The van der Waals surface area contributed by atoms with E-state index in [2.05, 4.69) is 31.0 Å². The topological polar surface area (TPSA) is 108 Å². The van der Waals surface area contributed by atoms with Crippen LogP contribution in [0.15, 0.2) is 54.6 Å². The van der Waals surface area contributed by atoms with Crippen molar-refractivity contribution >= 4 is 34.2 Å². The molecule has 0 aliphatic carbocycles. The van der Waals surface area contributed by atoms with E-state index in [4.69, 9.17) is 9.94 Å². The van der Waals surface area contributed by atoms with E-state index in [0.29, 0.717) is 29.9 Å². The number of carbonyl (C=O) groups is 3. The lowest BCUT2D eigenvalue weighted by Gasteiger charge is -2.31. The van der Waals surface area contributed by atoms with Crippen LogP contribution in [0, 0.1) is 0 Å². The summed E-state index contributed by atoms with van der Waals surface area (Å²) in [6.45, 7) is 9.58. The third-order valence-electron chi connectivity index (χ3n) is 6.99. The molecule has 194 valence electrons. The van der Waals surface area contributed by atoms with Crippen LogP contribution in [0.1, 0.15) is 70.3 Å². The lowest BCUT2D eigenvalue weighted by Crippen LogP contribution is -2.37. The van der Waals surface area contributed by atoms with Crippen molar-refractivity contribution < 1.29 is 24.3 Å². The third kappa shape index (κ3) is 5.50. The molecule has 8 heteroatoms. The normalized spacial score (nSPS) is 15.1. The summed E-state index contributed by atoms with van der Waals surface area (Å²) in [5.74, 6) is -1.12. The highest BCUT2D eigenvalue weighted by molar-refractivity contribution is 6.26. The first-order chi connectivity index (χ1) is 17.8. The highest BCUT2D eigenvalue weighted by atomic mass is 16.5. The Bertz CT molecular complexity index is 1290. The van der Waals surface area contributed by atoms with Gasteiger partial charge in [0.1, 0.15) is 0 Å². The molecule has 2 heterocycles. The maximum absolute atomic E-state index is 12.0. The second-order valence-corrected chi connectivity index (χ2v) is 9.90. The van der Waals surface area contributed by atoms with Crippen molar-refractivity contribution in [1.29, 1.82) is 0 Å². The summed E-state index contributed by atoms with van der Waals surface area (Å²) in [7, 11) is 0. The van der Waals surface area contributed by atoms with E-state index in [9.17, 15) is 14.4 Å². The fourth-order valence-corrected chi connectivity index (χ4v) is 4.99. The number of rotatable bonds is 5. The van der Waals surface area contributed by atoms with Gasteiger partial charge in [-0.25, -0.2) is 5.48 Å². The molecule has 3 aromatic rings. The van der Waals surface area contributed by atoms with Gasteiger partial charge in [-0.1, -0.05) is 51.5 Å². The Morgan fingerprint density at radius 2 is 1.65 bits per heavy atom. The van der Waals surface area contributed by atoms with Gasteiger partial charge in [-0.3, -0.25) is 24.9 Å². The Balaban J connectivity index is 0.000000181. The van der Waals surface area contributed by atoms with E-state index in [0.717, 1.165) is 42.4 Å². The fourth-order valence-electron chi connectivity index (χ4n) is 4.99. The average Bonchev–Trinajstić information content (AvgIpc) is 2.92. The van der Waals surface area contributed by atoms with E-state index in [-0.39, 0.29) is 17.2 Å². The largest absolute Gasteiger partial charge is 0.378 e. The molecule has 0 bridgehead atoms. The van der Waals surface area contributed by atoms with Crippen LogP contribution in [-0.2, 0) is 10.2 Å². The van der Waals surface area contributed by atoms with Gasteiger partial charge in [0.2, 0.25) is 0 Å². The SMILES string of the molecule is CCCC(C)(C)c1ccc(C(=O)NO)cc1.O=C1NC(=O)c2ccc(N3CCOCC3)c3cccc1c23. The molecule has 0 saturated carbocycles. The van der Waals surface area contributed by atoms with Crippen LogP contribution in [0.25, 0.3) is 10.8 Å². The number of benzene rings is 3. The maximum Gasteiger partial charge on any atom is 0.274 e. The van der Waals surface area contributed by atoms with Crippen LogP contribution in [0.3, 0.4) is 0 Å². The van der Waals surface area contributed by atoms with Crippen LogP contribution in [0.5, 0.6) is 0 Å². The molecular formula is C29H33N3O5. The van der Waals surface area contributed by atoms with Crippen LogP contribution in [-0.4, -0.2) is 49.2 Å². The molecule has 0 spiro atoms. The number of nitrogens with zero attached hydrogens (tertiary/aromatic N) is 1. The lowest BCUT2D eigenvalue weighted by molar-refractivity contribution is 0.0706. The number of hydroxylamine groups is 1. The zero-order chi connectivity index (χ0) is 26.6. The number of nitrogens with one attached hydrogen (secondary N) is 2. The van der Waals surface area contributed by atoms with Crippen LogP contribution < -0.4 is 15.7 Å². The number of carbonyl (C=O) groups excluding carboxylic acids is 3. The number of morpholine rings is 1. The molecule has 3 amide bonds. The molecule has 37 heavy (non-hydrogen) atoms. The first-order valence-electron chi connectivity index (χ1n) is 12.6. The predicted octanol–water partition coefficient (Wildman–Crippen LogP) is 4.44. The van der Waals surface area contributed by atoms with Crippen LogP contribution >= 0.6 is 0 Å². The Morgan fingerprint density at radius 1 is 1.00 bits per heavy atom. The van der Waals surface area contributed by atoms with Crippen molar-refractivity contribution in [2.75, 3.05) is 31.2 Å². The monoisotopic (exact) mass is 503 g/mol. The molecule has 1 saturated heterocycles. The molecule has 3 aromatic carbocycles. The van der Waals surface area contributed by atoms with Gasteiger partial charge < -0.3 is 9.64 Å². The molecule has 0 unspecified atom stereocenters. The van der Waals surface area contributed by atoms with Gasteiger partial charge in [-0.05, 0) is 47.7 Å². The van der Waals surface area contributed by atoms with Crippen molar-refractivity contribution in [3.8, 4) is 0 Å². The molecule has 3 N–H and O–H groups in total. The minimum absolute atomic E-state index is 0.128. The summed E-state index contributed by atoms with van der Waals surface area (Å²) in [5.41, 5.74) is 5.63. The Hall–Kier alpha value is -3.75. The van der Waals surface area contributed by atoms with Crippen LogP contribution in [0.4, 0.5) is 5.69 Å². The first-order valence-corrected chi connectivity index (χ1v) is 12.6. The number of anilines is 1. The molecule has 2 aliphatic rings. The second-order valence-electron chi connectivity index (χ2n) is 9.90. The van der Waals surface area contributed by atoms with Gasteiger partial charge in [-0.2, -0.15) is 0 Å². The standard InChI is InChI=1S/C16H14N2O3.C13H19NO2/c19-15-11-3-1-2-10-13(18-6-8-21-9-7-18)5-4-12(14(10)11)16(20)17-15;1-4-9-13(2,3)11-7-5-10(6-8-11)12(15)14-16/h1-5H,6-9H2,(H,17,19,20);5-8,16H,4,9H2,1-3H3,(H,14,15). The summed E-state index contributed by atoms with van der Waals surface area (Å²) in [6.07, 6.45) is 2.24. The van der Waals surface area contributed by atoms with Crippen molar-refractivity contribution in [3.63, 3.8) is 0 Å². The predicted molar refractivity (Wildman–Crippen MR) is 142 cm³/mol. The van der Waals surface area contributed by atoms with Crippen LogP contribution in [0.2, 0.25) is 0 Å². The van der Waals surface area contributed by atoms with Crippen molar-refractivity contribution in [2.24, 2.45) is 0 Å². The lowest BCUT2D eigenvalue weighted by atomic mass is 9.80. The molecular weight excluding hydrogens is 470 g/mol. The fraction of sp³-hybridized carbons (Fsp3) is 0.345.